The van der Waals surface area contributed by atoms with Gasteiger partial charge < -0.3 is 14.6 Å². The maximum atomic E-state index is 11.4. The molecule has 6 heteroatoms. The number of carbonyl (C=O) groups is 2. The average Bonchev–Trinajstić information content (AvgIpc) is 2.26. The van der Waals surface area contributed by atoms with Gasteiger partial charge in [-0.05, 0) is 12.1 Å². The number of esters is 1. The van der Waals surface area contributed by atoms with Crippen LogP contribution in [0.4, 0.5) is 0 Å². The molecule has 0 saturated heterocycles. The second kappa shape index (κ2) is 4.98. The third kappa shape index (κ3) is 2.33. The Balaban J connectivity index is 3.48. The van der Waals surface area contributed by atoms with E-state index in [0.29, 0.717) is 4.47 Å². The van der Waals surface area contributed by atoms with Crippen LogP contribution >= 0.6 is 15.9 Å². The molecular formula is C10H9BrO5. The van der Waals surface area contributed by atoms with Gasteiger partial charge in [-0.25, -0.2) is 9.59 Å². The largest absolute Gasteiger partial charge is 0.495 e. The van der Waals surface area contributed by atoms with Crippen LogP contribution in [0.25, 0.3) is 0 Å². The summed E-state index contributed by atoms with van der Waals surface area (Å²) in [6, 6.07) is 2.80. The van der Waals surface area contributed by atoms with E-state index in [4.69, 9.17) is 9.84 Å². The SMILES string of the molecule is COC(=O)c1cc(Br)cc(C(=O)O)c1OC. The summed E-state index contributed by atoms with van der Waals surface area (Å²) in [4.78, 5) is 22.3. The van der Waals surface area contributed by atoms with Gasteiger partial charge in [0.1, 0.15) is 16.9 Å². The highest BCUT2D eigenvalue weighted by Crippen LogP contribution is 2.29. The summed E-state index contributed by atoms with van der Waals surface area (Å²) < 4.78 is 9.91. The van der Waals surface area contributed by atoms with Crippen LogP contribution in [0.5, 0.6) is 5.75 Å². The average molecular weight is 289 g/mol. The Hall–Kier alpha value is -1.56. The van der Waals surface area contributed by atoms with Gasteiger partial charge in [0, 0.05) is 4.47 Å². The van der Waals surface area contributed by atoms with Gasteiger partial charge in [-0.3, -0.25) is 0 Å². The van der Waals surface area contributed by atoms with E-state index in [1.165, 1.54) is 26.4 Å². The molecule has 0 spiro atoms. The lowest BCUT2D eigenvalue weighted by Crippen LogP contribution is -2.09. The summed E-state index contributed by atoms with van der Waals surface area (Å²) in [7, 11) is 2.51. The Bertz CT molecular complexity index is 441. The van der Waals surface area contributed by atoms with Crippen molar-refractivity contribution in [1.82, 2.24) is 0 Å². The molecule has 16 heavy (non-hydrogen) atoms. The molecule has 1 N–H and O–H groups in total. The number of rotatable bonds is 3. The molecule has 1 aromatic rings. The summed E-state index contributed by atoms with van der Waals surface area (Å²) >= 11 is 3.12. The summed E-state index contributed by atoms with van der Waals surface area (Å²) in [5.41, 5.74) is -0.0333. The van der Waals surface area contributed by atoms with Crippen molar-refractivity contribution >= 4 is 27.9 Å². The first-order chi connectivity index (χ1) is 7.51. The van der Waals surface area contributed by atoms with E-state index >= 15 is 0 Å². The summed E-state index contributed by atoms with van der Waals surface area (Å²) in [5.74, 6) is -1.84. The fourth-order valence-corrected chi connectivity index (χ4v) is 1.69. The van der Waals surface area contributed by atoms with Crippen molar-refractivity contribution in [2.45, 2.75) is 0 Å². The first kappa shape index (κ1) is 12.5. The minimum atomic E-state index is -1.18. The lowest BCUT2D eigenvalue weighted by molar-refractivity contribution is 0.0597. The molecule has 5 nitrogen and oxygen atoms in total. The van der Waals surface area contributed by atoms with Gasteiger partial charge in [0.15, 0.2) is 0 Å². The second-order valence-electron chi connectivity index (χ2n) is 2.83. The van der Waals surface area contributed by atoms with Gasteiger partial charge >= 0.3 is 11.9 Å². The number of hydrogen-bond donors (Lipinski definition) is 1. The maximum absolute atomic E-state index is 11.4. The Morgan fingerprint density at radius 3 is 2.25 bits per heavy atom. The zero-order valence-corrected chi connectivity index (χ0v) is 10.2. The highest BCUT2D eigenvalue weighted by Gasteiger charge is 2.21. The zero-order chi connectivity index (χ0) is 12.3. The molecule has 0 aliphatic heterocycles. The Labute approximate surface area is 100 Å². The Morgan fingerprint density at radius 1 is 1.25 bits per heavy atom. The highest BCUT2D eigenvalue weighted by atomic mass is 79.9. The molecule has 86 valence electrons. The molecule has 0 heterocycles. The topological polar surface area (TPSA) is 72.8 Å². The number of hydrogen-bond acceptors (Lipinski definition) is 4. The monoisotopic (exact) mass is 288 g/mol. The van der Waals surface area contributed by atoms with Crippen LogP contribution in [0.15, 0.2) is 16.6 Å². The molecule has 0 aliphatic carbocycles. The van der Waals surface area contributed by atoms with E-state index in [0.717, 1.165) is 0 Å². The fourth-order valence-electron chi connectivity index (χ4n) is 1.23. The normalized spacial score (nSPS) is 9.69. The van der Waals surface area contributed by atoms with Crippen molar-refractivity contribution in [2.75, 3.05) is 14.2 Å². The minimum absolute atomic E-state index is 0.0115. The number of carboxylic acid groups (broad SMARTS) is 1. The molecule has 0 amide bonds. The van der Waals surface area contributed by atoms with E-state index in [-0.39, 0.29) is 16.9 Å². The molecule has 0 unspecified atom stereocenters. The van der Waals surface area contributed by atoms with Gasteiger partial charge in [0.2, 0.25) is 0 Å². The lowest BCUT2D eigenvalue weighted by atomic mass is 10.1. The lowest BCUT2D eigenvalue weighted by Gasteiger charge is -2.10. The van der Waals surface area contributed by atoms with Crippen molar-refractivity contribution in [1.29, 1.82) is 0 Å². The molecule has 0 atom stereocenters. The van der Waals surface area contributed by atoms with Crippen LogP contribution in [0.2, 0.25) is 0 Å². The summed E-state index contributed by atoms with van der Waals surface area (Å²) in [6.45, 7) is 0. The standard InChI is InChI=1S/C10H9BrO5/c1-15-8-6(9(12)13)3-5(11)4-7(8)10(14)16-2/h3-4H,1-2H3,(H,12,13). The molecule has 0 radical (unpaired) electrons. The van der Waals surface area contributed by atoms with Crippen molar-refractivity contribution in [3.8, 4) is 5.75 Å². The molecule has 0 bridgehead atoms. The molecule has 1 rings (SSSR count). The number of halogens is 1. The summed E-state index contributed by atoms with van der Waals surface area (Å²) in [5, 5.41) is 8.95. The predicted octanol–water partition coefficient (Wildman–Crippen LogP) is 1.94. The molecule has 0 saturated carbocycles. The third-order valence-electron chi connectivity index (χ3n) is 1.89. The van der Waals surface area contributed by atoms with Gasteiger partial charge in [0.25, 0.3) is 0 Å². The first-order valence-corrected chi connectivity index (χ1v) is 4.99. The molecule has 1 aromatic carbocycles. The van der Waals surface area contributed by atoms with Crippen molar-refractivity contribution < 1.29 is 24.2 Å². The number of aromatic carboxylic acids is 1. The zero-order valence-electron chi connectivity index (χ0n) is 8.61. The third-order valence-corrected chi connectivity index (χ3v) is 2.35. The number of carboxylic acids is 1. The number of ether oxygens (including phenoxy) is 2. The Kier molecular flexibility index (Phi) is 3.89. The second-order valence-corrected chi connectivity index (χ2v) is 3.75. The van der Waals surface area contributed by atoms with Crippen molar-refractivity contribution in [2.24, 2.45) is 0 Å². The van der Waals surface area contributed by atoms with Gasteiger partial charge in [-0.15, -0.1) is 0 Å². The molecular weight excluding hydrogens is 280 g/mol. The van der Waals surface area contributed by atoms with E-state index in [1.54, 1.807) is 0 Å². The number of carbonyl (C=O) groups excluding carboxylic acids is 1. The van der Waals surface area contributed by atoms with E-state index < -0.39 is 11.9 Å². The van der Waals surface area contributed by atoms with Crippen molar-refractivity contribution in [3.05, 3.63) is 27.7 Å². The van der Waals surface area contributed by atoms with E-state index in [9.17, 15) is 9.59 Å². The number of methoxy groups -OCH3 is 2. The molecule has 0 aliphatic rings. The van der Waals surface area contributed by atoms with Crippen LogP contribution < -0.4 is 4.74 Å². The quantitative estimate of drug-likeness (QED) is 0.861. The first-order valence-electron chi connectivity index (χ1n) is 4.20. The van der Waals surface area contributed by atoms with E-state index in [1.807, 2.05) is 0 Å². The molecule has 0 aromatic heterocycles. The van der Waals surface area contributed by atoms with Crippen LogP contribution in [-0.2, 0) is 4.74 Å². The molecule has 0 fully saturated rings. The maximum Gasteiger partial charge on any atom is 0.341 e. The van der Waals surface area contributed by atoms with Gasteiger partial charge in [0.05, 0.1) is 14.2 Å². The van der Waals surface area contributed by atoms with Crippen LogP contribution in [0.3, 0.4) is 0 Å². The number of benzene rings is 1. The fraction of sp³-hybridized carbons (Fsp3) is 0.200. The highest BCUT2D eigenvalue weighted by molar-refractivity contribution is 9.10. The van der Waals surface area contributed by atoms with Crippen LogP contribution in [0.1, 0.15) is 20.7 Å². The van der Waals surface area contributed by atoms with E-state index in [2.05, 4.69) is 20.7 Å². The van der Waals surface area contributed by atoms with Gasteiger partial charge in [-0.1, -0.05) is 15.9 Å². The van der Waals surface area contributed by atoms with Crippen LogP contribution in [-0.4, -0.2) is 31.3 Å². The van der Waals surface area contributed by atoms with Crippen molar-refractivity contribution in [3.63, 3.8) is 0 Å². The smallest absolute Gasteiger partial charge is 0.341 e. The van der Waals surface area contributed by atoms with Gasteiger partial charge in [-0.2, -0.15) is 0 Å². The Morgan fingerprint density at radius 2 is 1.81 bits per heavy atom. The summed E-state index contributed by atoms with van der Waals surface area (Å²) in [6.07, 6.45) is 0. The minimum Gasteiger partial charge on any atom is -0.495 e. The predicted molar refractivity (Wildman–Crippen MR) is 59.0 cm³/mol. The van der Waals surface area contributed by atoms with Crippen LogP contribution in [0, 0.1) is 0 Å².